The average molecular weight is 366 g/mol. The zero-order valence-electron chi connectivity index (χ0n) is 17.1. The van der Waals surface area contributed by atoms with Crippen LogP contribution >= 0.6 is 0 Å². The fourth-order valence-corrected chi connectivity index (χ4v) is 4.62. The summed E-state index contributed by atoms with van der Waals surface area (Å²) in [6, 6.07) is 0.268. The van der Waals surface area contributed by atoms with Crippen LogP contribution in [0.25, 0.3) is 0 Å². The van der Waals surface area contributed by atoms with Crippen molar-refractivity contribution in [3.8, 4) is 0 Å². The van der Waals surface area contributed by atoms with Crippen LogP contribution in [0.5, 0.6) is 0 Å². The molecule has 0 aliphatic carbocycles. The smallest absolute Gasteiger partial charge is 0.410 e. The summed E-state index contributed by atoms with van der Waals surface area (Å²) in [5.41, 5.74) is -1.07. The third-order valence-electron chi connectivity index (χ3n) is 5.75. The molecule has 150 valence electrons. The first-order valence-corrected chi connectivity index (χ1v) is 10.6. The SMILES string of the molecule is C=CCCCCCCCC1(O)CC2CCCC(C1)N2C(=O)OC(C)(C)C. The van der Waals surface area contributed by atoms with Crippen molar-refractivity contribution in [3.05, 3.63) is 12.7 Å². The molecule has 0 radical (unpaired) electrons. The van der Waals surface area contributed by atoms with Crippen molar-refractivity contribution >= 4 is 6.09 Å². The molecule has 1 amide bonds. The summed E-state index contributed by atoms with van der Waals surface area (Å²) in [6.07, 6.45) is 14.3. The van der Waals surface area contributed by atoms with Crippen LogP contribution in [0.4, 0.5) is 4.79 Å². The van der Waals surface area contributed by atoms with Gasteiger partial charge in [0.15, 0.2) is 0 Å². The number of ether oxygens (including phenoxy) is 1. The quantitative estimate of drug-likeness (QED) is 0.451. The molecule has 2 rings (SSSR count). The Balaban J connectivity index is 1.83. The first-order valence-electron chi connectivity index (χ1n) is 10.6. The van der Waals surface area contributed by atoms with Gasteiger partial charge in [-0.15, -0.1) is 6.58 Å². The van der Waals surface area contributed by atoms with Crippen molar-refractivity contribution in [2.45, 2.75) is 121 Å². The van der Waals surface area contributed by atoms with E-state index in [0.717, 1.165) is 38.5 Å². The van der Waals surface area contributed by atoms with E-state index in [4.69, 9.17) is 4.74 Å². The van der Waals surface area contributed by atoms with Crippen LogP contribution in [0.15, 0.2) is 12.7 Å². The molecule has 0 saturated carbocycles. The monoisotopic (exact) mass is 365 g/mol. The first kappa shape index (κ1) is 21.3. The van der Waals surface area contributed by atoms with Crippen molar-refractivity contribution in [1.29, 1.82) is 0 Å². The van der Waals surface area contributed by atoms with Crippen LogP contribution in [0.2, 0.25) is 0 Å². The molecule has 0 aromatic carbocycles. The molecule has 2 unspecified atom stereocenters. The number of fused-ring (bicyclic) bond motifs is 2. The van der Waals surface area contributed by atoms with Gasteiger partial charge in [-0.2, -0.15) is 0 Å². The van der Waals surface area contributed by atoms with E-state index in [2.05, 4.69) is 6.58 Å². The lowest BCUT2D eigenvalue weighted by Gasteiger charge is -2.51. The van der Waals surface area contributed by atoms with E-state index in [0.29, 0.717) is 12.8 Å². The van der Waals surface area contributed by atoms with Gasteiger partial charge in [-0.1, -0.05) is 31.8 Å². The number of hydrogen-bond acceptors (Lipinski definition) is 3. The Morgan fingerprint density at radius 1 is 1.15 bits per heavy atom. The van der Waals surface area contributed by atoms with E-state index < -0.39 is 11.2 Å². The second kappa shape index (κ2) is 9.25. The second-order valence-corrected chi connectivity index (χ2v) is 9.35. The molecule has 2 fully saturated rings. The van der Waals surface area contributed by atoms with E-state index >= 15 is 0 Å². The number of piperidine rings is 2. The minimum atomic E-state index is -0.602. The number of aliphatic hydroxyl groups is 1. The maximum Gasteiger partial charge on any atom is 0.410 e. The number of allylic oxidation sites excluding steroid dienone is 1. The Morgan fingerprint density at radius 2 is 1.73 bits per heavy atom. The third kappa shape index (κ3) is 6.29. The summed E-state index contributed by atoms with van der Waals surface area (Å²) in [5.74, 6) is 0. The van der Waals surface area contributed by atoms with E-state index in [1.165, 1.54) is 25.7 Å². The topological polar surface area (TPSA) is 49.8 Å². The van der Waals surface area contributed by atoms with E-state index in [-0.39, 0.29) is 18.2 Å². The van der Waals surface area contributed by atoms with Crippen LogP contribution in [-0.4, -0.2) is 39.4 Å². The van der Waals surface area contributed by atoms with Crippen LogP contribution < -0.4 is 0 Å². The van der Waals surface area contributed by atoms with Gasteiger partial charge in [0.1, 0.15) is 5.60 Å². The van der Waals surface area contributed by atoms with Gasteiger partial charge in [0.05, 0.1) is 5.60 Å². The molecule has 0 aromatic heterocycles. The molecule has 0 spiro atoms. The maximum atomic E-state index is 12.6. The number of hydrogen-bond donors (Lipinski definition) is 1. The van der Waals surface area contributed by atoms with E-state index in [1.807, 2.05) is 31.7 Å². The Labute approximate surface area is 160 Å². The largest absolute Gasteiger partial charge is 0.444 e. The Hall–Kier alpha value is -1.03. The lowest BCUT2D eigenvalue weighted by molar-refractivity contribution is -0.0965. The summed E-state index contributed by atoms with van der Waals surface area (Å²) in [4.78, 5) is 14.6. The average Bonchev–Trinajstić information content (AvgIpc) is 2.51. The van der Waals surface area contributed by atoms with Crippen LogP contribution in [0, 0.1) is 0 Å². The molecule has 4 nitrogen and oxygen atoms in total. The lowest BCUT2D eigenvalue weighted by atomic mass is 9.73. The van der Waals surface area contributed by atoms with Crippen molar-refractivity contribution in [2.24, 2.45) is 0 Å². The predicted octanol–water partition coefficient (Wildman–Crippen LogP) is 5.59. The number of carbonyl (C=O) groups is 1. The molecule has 2 aliphatic heterocycles. The lowest BCUT2D eigenvalue weighted by Crippen LogP contribution is -2.60. The molecule has 2 heterocycles. The zero-order valence-corrected chi connectivity index (χ0v) is 17.1. The van der Waals surface area contributed by atoms with Gasteiger partial charge in [-0.25, -0.2) is 4.79 Å². The molecular weight excluding hydrogens is 326 g/mol. The molecule has 2 saturated heterocycles. The van der Waals surface area contributed by atoms with Gasteiger partial charge in [0.2, 0.25) is 0 Å². The van der Waals surface area contributed by atoms with Crippen molar-refractivity contribution < 1.29 is 14.6 Å². The Bertz CT molecular complexity index is 454. The number of carbonyl (C=O) groups excluding carboxylic acids is 1. The highest BCUT2D eigenvalue weighted by Crippen LogP contribution is 2.42. The van der Waals surface area contributed by atoms with Crippen molar-refractivity contribution in [2.75, 3.05) is 0 Å². The molecule has 2 atom stereocenters. The fourth-order valence-electron chi connectivity index (χ4n) is 4.62. The highest BCUT2D eigenvalue weighted by Gasteiger charge is 2.47. The fraction of sp³-hybridized carbons (Fsp3) is 0.864. The Morgan fingerprint density at radius 3 is 2.31 bits per heavy atom. The van der Waals surface area contributed by atoms with Crippen LogP contribution in [-0.2, 0) is 4.74 Å². The number of unbranched alkanes of at least 4 members (excludes halogenated alkanes) is 5. The van der Waals surface area contributed by atoms with Gasteiger partial charge in [-0.3, -0.25) is 0 Å². The van der Waals surface area contributed by atoms with Crippen molar-refractivity contribution in [1.82, 2.24) is 4.90 Å². The zero-order chi connectivity index (χ0) is 19.2. The maximum absolute atomic E-state index is 12.6. The third-order valence-corrected chi connectivity index (χ3v) is 5.75. The summed E-state index contributed by atoms with van der Waals surface area (Å²) < 4.78 is 5.63. The summed E-state index contributed by atoms with van der Waals surface area (Å²) in [6.45, 7) is 9.50. The highest BCUT2D eigenvalue weighted by molar-refractivity contribution is 5.69. The second-order valence-electron chi connectivity index (χ2n) is 9.35. The highest BCUT2D eigenvalue weighted by atomic mass is 16.6. The molecule has 2 bridgehead atoms. The van der Waals surface area contributed by atoms with Crippen LogP contribution in [0.1, 0.15) is 97.8 Å². The molecule has 26 heavy (non-hydrogen) atoms. The summed E-state index contributed by atoms with van der Waals surface area (Å²) in [7, 11) is 0. The van der Waals surface area contributed by atoms with Gasteiger partial charge in [0, 0.05) is 12.1 Å². The molecule has 4 heteroatoms. The van der Waals surface area contributed by atoms with Gasteiger partial charge >= 0.3 is 6.09 Å². The van der Waals surface area contributed by atoms with Crippen LogP contribution in [0.3, 0.4) is 0 Å². The minimum absolute atomic E-state index is 0.134. The number of rotatable bonds is 8. The first-order chi connectivity index (χ1) is 12.2. The standard InChI is InChI=1S/C22H39NO3/c1-5-6-7-8-9-10-11-15-22(25)16-18-13-12-14-19(17-22)23(18)20(24)26-21(2,3)4/h5,18-19,25H,1,6-17H2,2-4H3. The molecular formula is C22H39NO3. The van der Waals surface area contributed by atoms with E-state index in [9.17, 15) is 9.90 Å². The molecule has 2 aliphatic rings. The van der Waals surface area contributed by atoms with E-state index in [1.54, 1.807) is 0 Å². The van der Waals surface area contributed by atoms with Gasteiger partial charge in [0.25, 0.3) is 0 Å². The normalized spacial score (nSPS) is 28.7. The summed E-state index contributed by atoms with van der Waals surface area (Å²) in [5, 5.41) is 11.2. The molecule has 1 N–H and O–H groups in total. The Kier molecular flexibility index (Phi) is 7.57. The molecule has 0 aromatic rings. The predicted molar refractivity (Wildman–Crippen MR) is 106 cm³/mol. The van der Waals surface area contributed by atoms with Crippen molar-refractivity contribution in [3.63, 3.8) is 0 Å². The number of nitrogens with zero attached hydrogens (tertiary/aromatic N) is 1. The van der Waals surface area contributed by atoms with Gasteiger partial charge < -0.3 is 14.7 Å². The summed E-state index contributed by atoms with van der Waals surface area (Å²) >= 11 is 0. The minimum Gasteiger partial charge on any atom is -0.444 e. The number of amides is 1. The van der Waals surface area contributed by atoms with Gasteiger partial charge in [-0.05, 0) is 72.1 Å².